The van der Waals surface area contributed by atoms with E-state index in [9.17, 15) is 14.4 Å². The highest BCUT2D eigenvalue weighted by molar-refractivity contribution is 5.91. The minimum Gasteiger partial charge on any atom is -0.444 e. The van der Waals surface area contributed by atoms with Crippen LogP contribution in [-0.4, -0.2) is 48.0 Å². The Kier molecular flexibility index (Phi) is 12.8. The molecule has 1 unspecified atom stereocenters. The van der Waals surface area contributed by atoms with Gasteiger partial charge in [-0.05, 0) is 45.2 Å². The van der Waals surface area contributed by atoms with Gasteiger partial charge in [-0.3, -0.25) is 9.59 Å². The third kappa shape index (κ3) is 10.3. The Balaban J connectivity index is 3.22. The molecule has 0 aromatic heterocycles. The van der Waals surface area contributed by atoms with Crippen LogP contribution in [0.5, 0.6) is 0 Å². The van der Waals surface area contributed by atoms with Gasteiger partial charge in [0.05, 0.1) is 0 Å². The SMILES string of the molecule is C#Cc1ccccc1C(C(=O)NCCCCC)N(CCCCC)C(=O)CNC(=O)OC(C)(C)C. The fourth-order valence-corrected chi connectivity index (χ4v) is 3.49. The Labute approximate surface area is 205 Å². The van der Waals surface area contributed by atoms with Crippen molar-refractivity contribution in [2.24, 2.45) is 0 Å². The molecule has 0 spiro atoms. The van der Waals surface area contributed by atoms with Crippen molar-refractivity contribution in [2.75, 3.05) is 19.6 Å². The Hall–Kier alpha value is -3.01. The summed E-state index contributed by atoms with van der Waals surface area (Å²) < 4.78 is 5.24. The summed E-state index contributed by atoms with van der Waals surface area (Å²) in [4.78, 5) is 40.4. The monoisotopic (exact) mass is 471 g/mol. The number of benzene rings is 1. The number of hydrogen-bond donors (Lipinski definition) is 2. The van der Waals surface area contributed by atoms with E-state index >= 15 is 0 Å². The third-order valence-electron chi connectivity index (χ3n) is 5.16. The van der Waals surface area contributed by atoms with Crippen LogP contribution in [0.1, 0.15) is 90.3 Å². The number of rotatable bonds is 13. The van der Waals surface area contributed by atoms with Crippen molar-refractivity contribution in [1.82, 2.24) is 15.5 Å². The maximum atomic E-state index is 13.4. The summed E-state index contributed by atoms with van der Waals surface area (Å²) in [5, 5.41) is 5.49. The molecule has 0 aliphatic rings. The molecule has 2 N–H and O–H groups in total. The molecule has 3 amide bonds. The summed E-state index contributed by atoms with van der Waals surface area (Å²) in [5.41, 5.74) is 0.477. The molecular formula is C27H41N3O4. The normalized spacial score (nSPS) is 11.8. The molecule has 0 aliphatic carbocycles. The van der Waals surface area contributed by atoms with Gasteiger partial charge in [-0.1, -0.05) is 63.7 Å². The zero-order valence-corrected chi connectivity index (χ0v) is 21.4. The number of amides is 3. The molecule has 0 aliphatic heterocycles. The number of hydrogen-bond acceptors (Lipinski definition) is 4. The second-order valence-corrected chi connectivity index (χ2v) is 9.28. The molecule has 1 aromatic carbocycles. The van der Waals surface area contributed by atoms with E-state index in [4.69, 9.17) is 11.2 Å². The number of terminal acetylenes is 1. The zero-order chi connectivity index (χ0) is 25.6. The lowest BCUT2D eigenvalue weighted by Crippen LogP contribution is -2.48. The van der Waals surface area contributed by atoms with Crippen LogP contribution in [0.2, 0.25) is 0 Å². The number of ether oxygens (including phenoxy) is 1. The first kappa shape index (κ1) is 29.0. The maximum Gasteiger partial charge on any atom is 0.408 e. The average Bonchev–Trinajstić information content (AvgIpc) is 2.78. The Morgan fingerprint density at radius 1 is 1.03 bits per heavy atom. The Morgan fingerprint density at radius 3 is 2.29 bits per heavy atom. The van der Waals surface area contributed by atoms with E-state index in [-0.39, 0.29) is 18.4 Å². The van der Waals surface area contributed by atoms with Crippen molar-refractivity contribution < 1.29 is 19.1 Å². The first-order chi connectivity index (χ1) is 16.1. The lowest BCUT2D eigenvalue weighted by molar-refractivity contribution is -0.140. The molecule has 1 rings (SSSR count). The van der Waals surface area contributed by atoms with Crippen LogP contribution in [-0.2, 0) is 14.3 Å². The molecular weight excluding hydrogens is 430 g/mol. The molecule has 34 heavy (non-hydrogen) atoms. The number of alkyl carbamates (subject to hydrolysis) is 1. The zero-order valence-electron chi connectivity index (χ0n) is 21.4. The average molecular weight is 472 g/mol. The summed E-state index contributed by atoms with van der Waals surface area (Å²) in [6.07, 6.45) is 10.5. The summed E-state index contributed by atoms with van der Waals surface area (Å²) in [6.45, 7) is 10.0. The highest BCUT2D eigenvalue weighted by atomic mass is 16.6. The molecule has 1 aromatic rings. The van der Waals surface area contributed by atoms with Crippen LogP contribution < -0.4 is 10.6 Å². The van der Waals surface area contributed by atoms with Gasteiger partial charge < -0.3 is 20.3 Å². The summed E-state index contributed by atoms with van der Waals surface area (Å²) in [7, 11) is 0. The van der Waals surface area contributed by atoms with Gasteiger partial charge in [0.2, 0.25) is 11.8 Å². The third-order valence-corrected chi connectivity index (χ3v) is 5.16. The fourth-order valence-electron chi connectivity index (χ4n) is 3.49. The molecule has 0 heterocycles. The van der Waals surface area contributed by atoms with Crippen LogP contribution >= 0.6 is 0 Å². The molecule has 0 saturated heterocycles. The van der Waals surface area contributed by atoms with E-state index in [1.807, 2.05) is 6.07 Å². The number of carbonyl (C=O) groups excluding carboxylic acids is 3. The number of nitrogens with zero attached hydrogens (tertiary/aromatic N) is 1. The van der Waals surface area contributed by atoms with E-state index in [1.165, 1.54) is 4.90 Å². The van der Waals surface area contributed by atoms with E-state index in [0.717, 1.165) is 38.5 Å². The largest absolute Gasteiger partial charge is 0.444 e. The van der Waals surface area contributed by atoms with Crippen molar-refractivity contribution in [2.45, 2.75) is 84.8 Å². The molecule has 7 heteroatoms. The topological polar surface area (TPSA) is 87.7 Å². The second kappa shape index (κ2) is 15.0. The van der Waals surface area contributed by atoms with Crippen molar-refractivity contribution >= 4 is 17.9 Å². The van der Waals surface area contributed by atoms with Crippen LogP contribution in [0.4, 0.5) is 4.79 Å². The highest BCUT2D eigenvalue weighted by Crippen LogP contribution is 2.25. The molecule has 7 nitrogen and oxygen atoms in total. The Bertz CT molecular complexity index is 839. The number of unbranched alkanes of at least 4 members (excludes halogenated alkanes) is 4. The standard InChI is InChI=1S/C27H41N3O4/c1-7-10-14-18-28-25(32)24(22-17-13-12-16-21(22)9-3)30(19-15-11-8-2)23(31)20-29-26(33)34-27(4,5)6/h3,12-13,16-17,24H,7-8,10-11,14-15,18-20H2,1-2,4-6H3,(H,28,32)(H,29,33). The van der Waals surface area contributed by atoms with Crippen LogP contribution in [0.3, 0.4) is 0 Å². The van der Waals surface area contributed by atoms with Crippen molar-refractivity contribution in [1.29, 1.82) is 0 Å². The predicted molar refractivity (Wildman–Crippen MR) is 135 cm³/mol. The van der Waals surface area contributed by atoms with Gasteiger partial charge in [0, 0.05) is 18.7 Å². The van der Waals surface area contributed by atoms with Crippen molar-refractivity contribution in [3.8, 4) is 12.3 Å². The van der Waals surface area contributed by atoms with Crippen LogP contribution in [0, 0.1) is 12.3 Å². The van der Waals surface area contributed by atoms with E-state index in [0.29, 0.717) is 24.2 Å². The minimum absolute atomic E-state index is 0.277. The first-order valence-corrected chi connectivity index (χ1v) is 12.2. The van der Waals surface area contributed by atoms with E-state index in [2.05, 4.69) is 30.4 Å². The van der Waals surface area contributed by atoms with Crippen LogP contribution in [0.25, 0.3) is 0 Å². The molecule has 0 bridgehead atoms. The second-order valence-electron chi connectivity index (χ2n) is 9.28. The number of nitrogens with one attached hydrogen (secondary N) is 2. The molecule has 1 atom stereocenters. The lowest BCUT2D eigenvalue weighted by Gasteiger charge is -2.32. The van der Waals surface area contributed by atoms with Gasteiger partial charge in [-0.15, -0.1) is 6.42 Å². The Morgan fingerprint density at radius 2 is 1.68 bits per heavy atom. The van der Waals surface area contributed by atoms with Crippen LogP contribution in [0.15, 0.2) is 24.3 Å². The van der Waals surface area contributed by atoms with Gasteiger partial charge in [-0.2, -0.15) is 0 Å². The molecule has 0 radical (unpaired) electrons. The summed E-state index contributed by atoms with van der Waals surface area (Å²) in [5.74, 6) is 1.99. The van der Waals surface area contributed by atoms with Gasteiger partial charge in [-0.25, -0.2) is 4.79 Å². The quantitative estimate of drug-likeness (QED) is 0.326. The number of carbonyl (C=O) groups is 3. The lowest BCUT2D eigenvalue weighted by atomic mass is 9.97. The molecule has 188 valence electrons. The summed E-state index contributed by atoms with van der Waals surface area (Å²) in [6, 6.07) is 6.27. The van der Waals surface area contributed by atoms with Gasteiger partial charge >= 0.3 is 6.09 Å². The fraction of sp³-hybridized carbons (Fsp3) is 0.593. The van der Waals surface area contributed by atoms with Gasteiger partial charge in [0.25, 0.3) is 0 Å². The predicted octanol–water partition coefficient (Wildman–Crippen LogP) is 4.56. The van der Waals surface area contributed by atoms with Gasteiger partial charge in [0.15, 0.2) is 0 Å². The maximum absolute atomic E-state index is 13.4. The van der Waals surface area contributed by atoms with Crippen molar-refractivity contribution in [3.05, 3.63) is 35.4 Å². The highest BCUT2D eigenvalue weighted by Gasteiger charge is 2.32. The molecule has 0 fully saturated rings. The smallest absolute Gasteiger partial charge is 0.408 e. The van der Waals surface area contributed by atoms with E-state index in [1.54, 1.807) is 39.0 Å². The minimum atomic E-state index is -0.890. The molecule has 0 saturated carbocycles. The van der Waals surface area contributed by atoms with Crippen molar-refractivity contribution in [3.63, 3.8) is 0 Å². The first-order valence-electron chi connectivity index (χ1n) is 12.2. The summed E-state index contributed by atoms with van der Waals surface area (Å²) >= 11 is 0. The van der Waals surface area contributed by atoms with E-state index < -0.39 is 17.7 Å². The van der Waals surface area contributed by atoms with Gasteiger partial charge in [0.1, 0.15) is 18.2 Å².